The number of benzene rings is 1. The van der Waals surface area contributed by atoms with E-state index < -0.39 is 18.0 Å². The second kappa shape index (κ2) is 3.84. The van der Waals surface area contributed by atoms with Gasteiger partial charge in [0.2, 0.25) is 0 Å². The van der Waals surface area contributed by atoms with E-state index in [1.165, 1.54) is 7.11 Å². The summed E-state index contributed by atoms with van der Waals surface area (Å²) in [7, 11) is 1.28. The second-order valence-electron chi connectivity index (χ2n) is 3.46. The molecule has 0 saturated heterocycles. The van der Waals surface area contributed by atoms with Gasteiger partial charge in [0, 0.05) is 0 Å². The highest BCUT2D eigenvalue weighted by Crippen LogP contribution is 2.33. The molecule has 1 N–H and O–H groups in total. The molecule has 1 unspecified atom stereocenters. The maximum Gasteiger partial charge on any atom is 0.341 e. The Labute approximate surface area is 92.4 Å². The summed E-state index contributed by atoms with van der Waals surface area (Å²) in [6.45, 7) is 1.69. The smallest absolute Gasteiger partial charge is 0.341 e. The fourth-order valence-electron chi connectivity index (χ4n) is 1.51. The van der Waals surface area contributed by atoms with Crippen LogP contribution in [0.1, 0.15) is 17.3 Å². The van der Waals surface area contributed by atoms with E-state index in [0.717, 1.165) is 0 Å². The number of methoxy groups -OCH3 is 1. The summed E-state index contributed by atoms with van der Waals surface area (Å²) in [4.78, 5) is 22.8. The van der Waals surface area contributed by atoms with Gasteiger partial charge in [0.05, 0.1) is 12.8 Å². The molecule has 0 fully saturated rings. The molecule has 1 aliphatic heterocycles. The van der Waals surface area contributed by atoms with Gasteiger partial charge in [0.25, 0.3) is 0 Å². The lowest BCUT2D eigenvalue weighted by atomic mass is 10.1. The first-order chi connectivity index (χ1) is 7.63. The Bertz CT molecular complexity index is 455. The molecule has 84 valence electrons. The van der Waals surface area contributed by atoms with Crippen molar-refractivity contribution in [2.45, 2.75) is 13.0 Å². The van der Waals surface area contributed by atoms with Crippen molar-refractivity contribution in [1.29, 1.82) is 0 Å². The fourth-order valence-corrected chi connectivity index (χ4v) is 1.51. The fraction of sp³-hybridized carbons (Fsp3) is 0.273. The maximum atomic E-state index is 11.4. The molecule has 2 rings (SSSR count). The van der Waals surface area contributed by atoms with Crippen LogP contribution in [0.5, 0.6) is 5.75 Å². The first kappa shape index (κ1) is 10.5. The molecular weight excluding hydrogens is 210 g/mol. The molecule has 5 heteroatoms. The van der Waals surface area contributed by atoms with Crippen LogP contribution >= 0.6 is 0 Å². The molecule has 16 heavy (non-hydrogen) atoms. The Kier molecular flexibility index (Phi) is 2.52. The summed E-state index contributed by atoms with van der Waals surface area (Å²) in [5.74, 6) is -0.706. The van der Waals surface area contributed by atoms with Gasteiger partial charge in [-0.05, 0) is 19.1 Å². The van der Waals surface area contributed by atoms with Gasteiger partial charge in [-0.1, -0.05) is 6.07 Å². The summed E-state index contributed by atoms with van der Waals surface area (Å²) < 4.78 is 9.70. The number of rotatable bonds is 1. The third-order valence-corrected chi connectivity index (χ3v) is 2.35. The number of para-hydroxylation sites is 1. The molecular formula is C11H11NO4. The van der Waals surface area contributed by atoms with Crippen molar-refractivity contribution >= 4 is 17.6 Å². The van der Waals surface area contributed by atoms with E-state index >= 15 is 0 Å². The summed E-state index contributed by atoms with van der Waals surface area (Å²) >= 11 is 0. The zero-order valence-corrected chi connectivity index (χ0v) is 8.94. The summed E-state index contributed by atoms with van der Waals surface area (Å²) in [5.41, 5.74) is 0.864. The van der Waals surface area contributed by atoms with E-state index in [9.17, 15) is 9.59 Å². The van der Waals surface area contributed by atoms with Gasteiger partial charge in [-0.15, -0.1) is 0 Å². The molecule has 1 aromatic carbocycles. The summed E-state index contributed by atoms with van der Waals surface area (Å²) in [5, 5.41) is 2.95. The maximum absolute atomic E-state index is 11.4. The molecule has 0 amide bonds. The molecule has 1 aliphatic rings. The highest BCUT2D eigenvalue weighted by atomic mass is 16.5. The highest BCUT2D eigenvalue weighted by molar-refractivity contribution is 5.98. The van der Waals surface area contributed by atoms with Crippen LogP contribution in [0, 0.1) is 0 Å². The van der Waals surface area contributed by atoms with Crippen LogP contribution in [-0.2, 0) is 9.53 Å². The van der Waals surface area contributed by atoms with Crippen molar-refractivity contribution in [3.63, 3.8) is 0 Å². The van der Waals surface area contributed by atoms with Crippen LogP contribution in [0.15, 0.2) is 18.2 Å². The Morgan fingerprint density at radius 2 is 2.25 bits per heavy atom. The average Bonchev–Trinajstić information content (AvgIpc) is 2.29. The lowest BCUT2D eigenvalue weighted by Crippen LogP contribution is -2.35. The number of fused-ring (bicyclic) bond motifs is 1. The number of esters is 2. The van der Waals surface area contributed by atoms with Crippen LogP contribution in [-0.4, -0.2) is 25.1 Å². The number of hydrogen-bond acceptors (Lipinski definition) is 5. The van der Waals surface area contributed by atoms with Gasteiger partial charge in [-0.25, -0.2) is 9.59 Å². The van der Waals surface area contributed by atoms with Crippen LogP contribution in [0.2, 0.25) is 0 Å². The molecule has 1 atom stereocenters. The zero-order valence-electron chi connectivity index (χ0n) is 8.94. The van der Waals surface area contributed by atoms with Gasteiger partial charge >= 0.3 is 11.9 Å². The minimum absolute atomic E-state index is 0.234. The van der Waals surface area contributed by atoms with Crippen LogP contribution < -0.4 is 10.1 Å². The van der Waals surface area contributed by atoms with Crippen LogP contribution in [0.25, 0.3) is 0 Å². The van der Waals surface area contributed by atoms with Gasteiger partial charge < -0.3 is 14.8 Å². The molecule has 0 saturated carbocycles. The van der Waals surface area contributed by atoms with E-state index in [4.69, 9.17) is 4.74 Å². The first-order valence-corrected chi connectivity index (χ1v) is 4.83. The predicted octanol–water partition coefficient (Wildman–Crippen LogP) is 1.19. The van der Waals surface area contributed by atoms with Crippen molar-refractivity contribution in [1.82, 2.24) is 0 Å². The Balaban J connectivity index is 2.48. The van der Waals surface area contributed by atoms with Gasteiger partial charge in [0.1, 0.15) is 11.6 Å². The molecule has 0 spiro atoms. The normalized spacial score (nSPS) is 18.1. The lowest BCUT2D eigenvalue weighted by molar-refractivity contribution is -0.135. The van der Waals surface area contributed by atoms with Crippen molar-refractivity contribution in [2.24, 2.45) is 0 Å². The van der Waals surface area contributed by atoms with Crippen LogP contribution in [0.4, 0.5) is 5.69 Å². The minimum atomic E-state index is -0.527. The monoisotopic (exact) mass is 221 g/mol. The number of carbonyl (C=O) groups is 2. The largest absolute Gasteiger partial charge is 0.465 e. The summed E-state index contributed by atoms with van der Waals surface area (Å²) in [6, 6.07) is 4.57. The Hall–Kier alpha value is -2.04. The topological polar surface area (TPSA) is 64.6 Å². The molecule has 1 heterocycles. The average molecular weight is 221 g/mol. The number of nitrogens with one attached hydrogen (secondary N) is 1. The van der Waals surface area contributed by atoms with Crippen LogP contribution in [0.3, 0.4) is 0 Å². The predicted molar refractivity (Wildman–Crippen MR) is 56.5 cm³/mol. The highest BCUT2D eigenvalue weighted by Gasteiger charge is 2.28. The van der Waals surface area contributed by atoms with Gasteiger partial charge in [-0.3, -0.25) is 0 Å². The van der Waals surface area contributed by atoms with Crippen molar-refractivity contribution in [3.05, 3.63) is 23.8 Å². The number of carbonyl (C=O) groups excluding carboxylic acids is 2. The van der Waals surface area contributed by atoms with Gasteiger partial charge in [0.15, 0.2) is 5.75 Å². The Morgan fingerprint density at radius 3 is 2.94 bits per heavy atom. The van der Waals surface area contributed by atoms with Gasteiger partial charge in [-0.2, -0.15) is 0 Å². The molecule has 0 aromatic heterocycles. The molecule has 5 nitrogen and oxygen atoms in total. The zero-order chi connectivity index (χ0) is 11.7. The van der Waals surface area contributed by atoms with E-state index in [2.05, 4.69) is 10.1 Å². The Morgan fingerprint density at radius 1 is 1.50 bits per heavy atom. The molecule has 0 aliphatic carbocycles. The first-order valence-electron chi connectivity index (χ1n) is 4.83. The second-order valence-corrected chi connectivity index (χ2v) is 3.46. The third kappa shape index (κ3) is 1.60. The third-order valence-electron chi connectivity index (χ3n) is 2.35. The van der Waals surface area contributed by atoms with E-state index in [1.54, 1.807) is 25.1 Å². The van der Waals surface area contributed by atoms with E-state index in [0.29, 0.717) is 5.69 Å². The standard InChI is InChI=1S/C11H11NO4/c1-6-10(13)16-9-7(11(14)15-2)4-3-5-8(9)12-6/h3-6,12H,1-2H3. The van der Waals surface area contributed by atoms with Crippen molar-refractivity contribution < 1.29 is 19.1 Å². The molecule has 1 aromatic rings. The van der Waals surface area contributed by atoms with E-state index in [1.807, 2.05) is 0 Å². The SMILES string of the molecule is COC(=O)c1cccc2c1OC(=O)C(C)N2. The van der Waals surface area contributed by atoms with Crippen molar-refractivity contribution in [3.8, 4) is 5.75 Å². The quantitative estimate of drug-likeness (QED) is 0.570. The number of anilines is 1. The minimum Gasteiger partial charge on any atom is -0.465 e. The molecule has 0 radical (unpaired) electrons. The number of ether oxygens (including phenoxy) is 2. The summed E-state index contributed by atoms with van der Waals surface area (Å²) in [6.07, 6.45) is 0. The number of hydrogen-bond donors (Lipinski definition) is 1. The van der Waals surface area contributed by atoms with Crippen molar-refractivity contribution in [2.75, 3.05) is 12.4 Å². The molecule has 0 bridgehead atoms. The van der Waals surface area contributed by atoms with E-state index in [-0.39, 0.29) is 11.3 Å². The lowest BCUT2D eigenvalue weighted by Gasteiger charge is -2.23.